The molecule has 0 aliphatic rings. The number of sulfonamides is 1. The molecule has 0 saturated heterocycles. The van der Waals surface area contributed by atoms with Crippen molar-refractivity contribution in [3.05, 3.63) is 92.5 Å². The van der Waals surface area contributed by atoms with Crippen molar-refractivity contribution in [1.82, 2.24) is 10.2 Å². The van der Waals surface area contributed by atoms with E-state index in [0.29, 0.717) is 6.54 Å². The van der Waals surface area contributed by atoms with Crippen LogP contribution in [0.15, 0.2) is 65.6 Å². The number of nitrogens with zero attached hydrogens (tertiary/aromatic N) is 3. The van der Waals surface area contributed by atoms with Crippen LogP contribution >= 0.6 is 11.6 Å². The molecule has 0 saturated carbocycles. The number of nitro benzene ring substituents is 1. The lowest BCUT2D eigenvalue weighted by Crippen LogP contribution is -2.51. The van der Waals surface area contributed by atoms with Crippen molar-refractivity contribution in [1.29, 1.82) is 0 Å². The van der Waals surface area contributed by atoms with Crippen LogP contribution in [0.1, 0.15) is 30.5 Å². The van der Waals surface area contributed by atoms with Gasteiger partial charge in [0.25, 0.3) is 15.7 Å². The zero-order valence-electron chi connectivity index (χ0n) is 24.0. The van der Waals surface area contributed by atoms with Gasteiger partial charge in [-0.2, -0.15) is 0 Å². The number of likely N-dealkylation sites (N-methyl/N-ethyl adjacent to an activating group) is 1. The second-order valence-electron chi connectivity index (χ2n) is 9.61. The molecule has 42 heavy (non-hydrogen) atoms. The van der Waals surface area contributed by atoms with Gasteiger partial charge in [-0.1, -0.05) is 47.5 Å². The summed E-state index contributed by atoms with van der Waals surface area (Å²) in [5.74, 6) is -1.01. The number of nitro groups is 1. The van der Waals surface area contributed by atoms with E-state index in [1.54, 1.807) is 13.8 Å². The number of halogens is 1. The van der Waals surface area contributed by atoms with Crippen molar-refractivity contribution in [2.24, 2.45) is 0 Å². The summed E-state index contributed by atoms with van der Waals surface area (Å²) in [6, 6.07) is 14.2. The smallest absolute Gasteiger partial charge is 0.273 e. The molecule has 0 aliphatic carbocycles. The van der Waals surface area contributed by atoms with Crippen LogP contribution < -0.4 is 14.4 Å². The van der Waals surface area contributed by atoms with Crippen molar-refractivity contribution in [2.75, 3.05) is 24.5 Å². The van der Waals surface area contributed by atoms with Crippen molar-refractivity contribution in [2.45, 2.75) is 45.2 Å². The summed E-state index contributed by atoms with van der Waals surface area (Å²) in [7, 11) is -3.27. The van der Waals surface area contributed by atoms with Gasteiger partial charge in [0.1, 0.15) is 18.3 Å². The van der Waals surface area contributed by atoms with Gasteiger partial charge in [0, 0.05) is 29.7 Å². The second kappa shape index (κ2) is 13.7. The standard InChI is InChI=1S/C29H33ClN4O7S/c1-6-31-29(36)21(4)32(17-22-10-7-19(2)8-11-22)28(35)18-33(26-15-23(30)12-14-27(26)41-5)42(39,40)24-13-9-20(3)25(16-24)34(37)38/h7-16,21H,6,17-18H2,1-5H3,(H,31,36)/t21-/m1/s1. The van der Waals surface area contributed by atoms with E-state index < -0.39 is 49.9 Å². The molecule has 2 amide bonds. The highest BCUT2D eigenvalue weighted by molar-refractivity contribution is 7.92. The molecule has 0 radical (unpaired) electrons. The van der Waals surface area contributed by atoms with Gasteiger partial charge in [0.2, 0.25) is 11.8 Å². The highest BCUT2D eigenvalue weighted by Crippen LogP contribution is 2.36. The average molecular weight is 617 g/mol. The van der Waals surface area contributed by atoms with Gasteiger partial charge in [-0.3, -0.25) is 24.0 Å². The maximum atomic E-state index is 14.1. The molecule has 3 rings (SSSR count). The molecule has 0 unspecified atom stereocenters. The van der Waals surface area contributed by atoms with E-state index in [-0.39, 0.29) is 28.6 Å². The van der Waals surface area contributed by atoms with E-state index in [0.717, 1.165) is 21.5 Å². The molecule has 3 aromatic carbocycles. The SMILES string of the molecule is CCNC(=O)[C@@H](C)N(Cc1ccc(C)cc1)C(=O)CN(c1cc(Cl)ccc1OC)S(=O)(=O)c1ccc(C)c([N+](=O)[O-])c1. The Morgan fingerprint density at radius 1 is 1.07 bits per heavy atom. The van der Waals surface area contributed by atoms with Gasteiger partial charge in [-0.15, -0.1) is 0 Å². The largest absolute Gasteiger partial charge is 0.495 e. The fourth-order valence-corrected chi connectivity index (χ4v) is 5.84. The van der Waals surface area contributed by atoms with Gasteiger partial charge >= 0.3 is 0 Å². The number of aryl methyl sites for hydroxylation is 2. The number of hydrogen-bond acceptors (Lipinski definition) is 7. The monoisotopic (exact) mass is 616 g/mol. The molecule has 0 bridgehead atoms. The molecule has 0 aromatic heterocycles. The Labute approximate surface area is 250 Å². The number of nitrogens with one attached hydrogen (secondary N) is 1. The average Bonchev–Trinajstić information content (AvgIpc) is 2.95. The van der Waals surface area contributed by atoms with Crippen molar-refractivity contribution >= 4 is 44.8 Å². The van der Waals surface area contributed by atoms with Crippen LogP contribution in [0, 0.1) is 24.0 Å². The lowest BCUT2D eigenvalue weighted by molar-refractivity contribution is -0.385. The molecular weight excluding hydrogens is 584 g/mol. The number of carbonyl (C=O) groups is 2. The lowest BCUT2D eigenvalue weighted by Gasteiger charge is -2.32. The van der Waals surface area contributed by atoms with E-state index in [9.17, 15) is 28.1 Å². The predicted octanol–water partition coefficient (Wildman–Crippen LogP) is 4.62. The van der Waals surface area contributed by atoms with Gasteiger partial charge in [-0.25, -0.2) is 8.42 Å². The fraction of sp³-hybridized carbons (Fsp3) is 0.310. The summed E-state index contributed by atoms with van der Waals surface area (Å²) < 4.78 is 34.4. The minimum absolute atomic E-state index is 0.0218. The molecule has 1 atom stereocenters. The normalized spacial score (nSPS) is 11.9. The van der Waals surface area contributed by atoms with Crippen LogP contribution in [0.4, 0.5) is 11.4 Å². The van der Waals surface area contributed by atoms with Crippen LogP contribution in [0.5, 0.6) is 5.75 Å². The Hall–Kier alpha value is -4.16. The van der Waals surface area contributed by atoms with Crippen molar-refractivity contribution < 1.29 is 27.7 Å². The topological polar surface area (TPSA) is 139 Å². The minimum Gasteiger partial charge on any atom is -0.495 e. The lowest BCUT2D eigenvalue weighted by atomic mass is 10.1. The maximum Gasteiger partial charge on any atom is 0.273 e. The number of hydrogen-bond donors (Lipinski definition) is 1. The fourth-order valence-electron chi connectivity index (χ4n) is 4.24. The van der Waals surface area contributed by atoms with Gasteiger partial charge in [0.05, 0.1) is 22.6 Å². The summed E-state index contributed by atoms with van der Waals surface area (Å²) >= 11 is 6.23. The summed E-state index contributed by atoms with van der Waals surface area (Å²) in [6.07, 6.45) is 0. The number of carbonyl (C=O) groups excluding carboxylic acids is 2. The summed E-state index contributed by atoms with van der Waals surface area (Å²) in [6.45, 7) is 6.31. The number of ether oxygens (including phenoxy) is 1. The van der Waals surface area contributed by atoms with Crippen LogP contribution in [-0.2, 0) is 26.2 Å². The Bertz CT molecular complexity index is 1580. The van der Waals surface area contributed by atoms with E-state index in [1.165, 1.54) is 49.3 Å². The van der Waals surface area contributed by atoms with Crippen molar-refractivity contribution in [3.8, 4) is 5.75 Å². The van der Waals surface area contributed by atoms with E-state index >= 15 is 0 Å². The number of rotatable bonds is 12. The molecule has 3 aromatic rings. The molecule has 0 heterocycles. The first-order chi connectivity index (χ1) is 19.8. The van der Waals surface area contributed by atoms with Crippen LogP contribution in [0.25, 0.3) is 0 Å². The molecule has 0 fully saturated rings. The van der Waals surface area contributed by atoms with Crippen LogP contribution in [0.3, 0.4) is 0 Å². The third kappa shape index (κ3) is 7.37. The van der Waals surface area contributed by atoms with Gasteiger partial charge < -0.3 is 15.0 Å². The highest BCUT2D eigenvalue weighted by atomic mass is 35.5. The zero-order chi connectivity index (χ0) is 31.2. The summed E-state index contributed by atoms with van der Waals surface area (Å²) in [4.78, 5) is 38.6. The number of amides is 2. The third-order valence-electron chi connectivity index (χ3n) is 6.65. The first-order valence-electron chi connectivity index (χ1n) is 13.0. The molecular formula is C29H33ClN4O7S. The Morgan fingerprint density at radius 2 is 1.74 bits per heavy atom. The van der Waals surface area contributed by atoms with E-state index in [4.69, 9.17) is 16.3 Å². The first kappa shape index (κ1) is 32.4. The van der Waals surface area contributed by atoms with Gasteiger partial charge in [0.15, 0.2) is 0 Å². The van der Waals surface area contributed by atoms with Gasteiger partial charge in [-0.05, 0) is 57.5 Å². The van der Waals surface area contributed by atoms with Crippen molar-refractivity contribution in [3.63, 3.8) is 0 Å². The zero-order valence-corrected chi connectivity index (χ0v) is 25.5. The van der Waals surface area contributed by atoms with Crippen LogP contribution in [-0.4, -0.2) is 56.3 Å². The second-order valence-corrected chi connectivity index (χ2v) is 11.9. The summed E-state index contributed by atoms with van der Waals surface area (Å²) in [5.41, 5.74) is 1.55. The number of anilines is 1. The minimum atomic E-state index is -4.60. The summed E-state index contributed by atoms with van der Waals surface area (Å²) in [5, 5.41) is 14.5. The first-order valence-corrected chi connectivity index (χ1v) is 14.9. The number of benzene rings is 3. The molecule has 11 nitrogen and oxygen atoms in total. The van der Waals surface area contributed by atoms with E-state index in [2.05, 4.69) is 5.32 Å². The highest BCUT2D eigenvalue weighted by Gasteiger charge is 2.34. The molecule has 13 heteroatoms. The molecule has 0 spiro atoms. The Kier molecular flexibility index (Phi) is 10.5. The number of methoxy groups -OCH3 is 1. The van der Waals surface area contributed by atoms with Crippen LogP contribution in [0.2, 0.25) is 5.02 Å². The Morgan fingerprint density at radius 3 is 2.33 bits per heavy atom. The van der Waals surface area contributed by atoms with E-state index in [1.807, 2.05) is 31.2 Å². The Balaban J connectivity index is 2.16. The molecule has 1 N–H and O–H groups in total. The molecule has 0 aliphatic heterocycles. The maximum absolute atomic E-state index is 14.1. The predicted molar refractivity (Wildman–Crippen MR) is 160 cm³/mol. The quantitative estimate of drug-likeness (QED) is 0.231. The molecule has 224 valence electrons. The third-order valence-corrected chi connectivity index (χ3v) is 8.64.